The van der Waals surface area contributed by atoms with Crippen LogP contribution in [0.4, 0.5) is 0 Å². The summed E-state index contributed by atoms with van der Waals surface area (Å²) in [5.41, 5.74) is 0.382. The van der Waals surface area contributed by atoms with Gasteiger partial charge in [0.2, 0.25) is 0 Å². The first-order valence-corrected chi connectivity index (χ1v) is 7.86. The minimum Gasteiger partial charge on any atom is -0.463 e. The fourth-order valence-electron chi connectivity index (χ4n) is 2.26. The zero-order valence-corrected chi connectivity index (χ0v) is 14.0. The second kappa shape index (κ2) is 8.72. The van der Waals surface area contributed by atoms with Gasteiger partial charge in [0.25, 0.3) is 0 Å². The molecule has 0 bridgehead atoms. The lowest BCUT2D eigenvalue weighted by Gasteiger charge is -2.19. The highest BCUT2D eigenvalue weighted by molar-refractivity contribution is 5.99. The predicted molar refractivity (Wildman–Crippen MR) is 88.6 cm³/mol. The van der Waals surface area contributed by atoms with E-state index >= 15 is 0 Å². The zero-order valence-electron chi connectivity index (χ0n) is 14.0. The number of aryl methyl sites for hydroxylation is 1. The third kappa shape index (κ3) is 4.55. The molecular formula is C18H20O8. The molecule has 4 N–H and O–H groups in total. The first-order valence-electron chi connectivity index (χ1n) is 7.86. The Kier molecular flexibility index (Phi) is 6.64. The summed E-state index contributed by atoms with van der Waals surface area (Å²) in [6.07, 6.45) is -4.92. The number of carbonyl (C=O) groups is 2. The molecule has 0 aliphatic rings. The summed E-state index contributed by atoms with van der Waals surface area (Å²) >= 11 is 0. The molecule has 1 aromatic carbocycles. The van der Waals surface area contributed by atoms with Crippen molar-refractivity contribution in [3.63, 3.8) is 0 Å². The topological polar surface area (TPSA) is 137 Å². The van der Waals surface area contributed by atoms with Crippen LogP contribution in [-0.2, 0) is 4.74 Å². The van der Waals surface area contributed by atoms with Crippen LogP contribution in [0.25, 0.3) is 0 Å². The SMILES string of the molecule is Cc1oc([C@H](O)[C@H](O)[C@@H](O)CO)cc1C(=O)OCC(=O)c1ccccc1. The fourth-order valence-corrected chi connectivity index (χ4v) is 2.26. The van der Waals surface area contributed by atoms with E-state index in [1.165, 1.54) is 6.92 Å². The number of ketones is 1. The molecule has 0 unspecified atom stereocenters. The smallest absolute Gasteiger partial charge is 0.342 e. The van der Waals surface area contributed by atoms with Gasteiger partial charge in [-0.1, -0.05) is 30.3 Å². The van der Waals surface area contributed by atoms with Crippen LogP contribution in [0.15, 0.2) is 40.8 Å². The maximum Gasteiger partial charge on any atom is 0.342 e. The molecule has 2 rings (SSSR count). The van der Waals surface area contributed by atoms with Crippen LogP contribution in [0, 0.1) is 6.92 Å². The number of Topliss-reactive ketones (excluding diaryl/α,β-unsaturated/α-hetero) is 1. The van der Waals surface area contributed by atoms with Crippen LogP contribution in [0.2, 0.25) is 0 Å². The van der Waals surface area contributed by atoms with Crippen molar-refractivity contribution in [2.45, 2.75) is 25.2 Å². The molecular weight excluding hydrogens is 344 g/mol. The van der Waals surface area contributed by atoms with Gasteiger partial charge in [-0.25, -0.2) is 4.79 Å². The van der Waals surface area contributed by atoms with Gasteiger partial charge in [0.05, 0.1) is 6.61 Å². The van der Waals surface area contributed by atoms with Gasteiger partial charge in [-0.15, -0.1) is 0 Å². The minimum absolute atomic E-state index is 0.0226. The van der Waals surface area contributed by atoms with Crippen LogP contribution in [0.1, 0.15) is 38.3 Å². The molecule has 26 heavy (non-hydrogen) atoms. The zero-order chi connectivity index (χ0) is 19.3. The maximum atomic E-state index is 12.1. The summed E-state index contributed by atoms with van der Waals surface area (Å²) in [4.78, 5) is 24.1. The molecule has 8 heteroatoms. The van der Waals surface area contributed by atoms with Gasteiger partial charge in [0.1, 0.15) is 35.4 Å². The molecule has 2 aromatic rings. The van der Waals surface area contributed by atoms with Gasteiger partial charge < -0.3 is 29.6 Å². The van der Waals surface area contributed by atoms with Crippen LogP contribution in [0.3, 0.4) is 0 Å². The summed E-state index contributed by atoms with van der Waals surface area (Å²) in [6.45, 7) is 0.228. The Bertz CT molecular complexity index is 752. The van der Waals surface area contributed by atoms with Crippen molar-refractivity contribution < 1.29 is 39.2 Å². The number of esters is 1. The van der Waals surface area contributed by atoms with E-state index in [2.05, 4.69) is 0 Å². The monoisotopic (exact) mass is 364 g/mol. The lowest BCUT2D eigenvalue weighted by Crippen LogP contribution is -2.34. The summed E-state index contributed by atoms with van der Waals surface area (Å²) < 4.78 is 10.2. The van der Waals surface area contributed by atoms with Crippen molar-refractivity contribution in [2.75, 3.05) is 13.2 Å². The molecule has 1 aromatic heterocycles. The van der Waals surface area contributed by atoms with Crippen LogP contribution >= 0.6 is 0 Å². The summed E-state index contributed by atoms with van der Waals surface area (Å²) in [5.74, 6) is -1.27. The summed E-state index contributed by atoms with van der Waals surface area (Å²) in [5, 5.41) is 37.8. The molecule has 0 saturated heterocycles. The Morgan fingerprint density at radius 3 is 2.42 bits per heavy atom. The second-order valence-electron chi connectivity index (χ2n) is 5.67. The first kappa shape index (κ1) is 19.8. The van der Waals surface area contributed by atoms with E-state index in [4.69, 9.17) is 14.3 Å². The first-order chi connectivity index (χ1) is 12.3. The van der Waals surface area contributed by atoms with Gasteiger partial charge in [-0.05, 0) is 13.0 Å². The van der Waals surface area contributed by atoms with E-state index in [9.17, 15) is 24.9 Å². The number of rotatable bonds is 8. The molecule has 0 saturated carbocycles. The number of benzene rings is 1. The Morgan fingerprint density at radius 1 is 1.15 bits per heavy atom. The highest BCUT2D eigenvalue weighted by Crippen LogP contribution is 2.25. The number of furan rings is 1. The van der Waals surface area contributed by atoms with Crippen molar-refractivity contribution >= 4 is 11.8 Å². The number of hydrogen-bond donors (Lipinski definition) is 4. The number of aliphatic hydroxyl groups is 4. The number of ether oxygens (including phenoxy) is 1. The molecule has 1 heterocycles. The van der Waals surface area contributed by atoms with Crippen LogP contribution in [-0.4, -0.2) is 57.6 Å². The van der Waals surface area contributed by atoms with Gasteiger partial charge in [0, 0.05) is 5.56 Å². The largest absolute Gasteiger partial charge is 0.463 e. The van der Waals surface area contributed by atoms with E-state index in [1.807, 2.05) is 0 Å². The predicted octanol–water partition coefficient (Wildman–Crippen LogP) is 0.375. The van der Waals surface area contributed by atoms with Gasteiger partial charge >= 0.3 is 5.97 Å². The van der Waals surface area contributed by atoms with Gasteiger partial charge in [0.15, 0.2) is 12.4 Å². The van der Waals surface area contributed by atoms with Gasteiger partial charge in [-0.3, -0.25) is 4.79 Å². The Hall–Kier alpha value is -2.52. The van der Waals surface area contributed by atoms with Crippen molar-refractivity contribution in [2.24, 2.45) is 0 Å². The van der Waals surface area contributed by atoms with E-state index in [1.54, 1.807) is 30.3 Å². The molecule has 8 nitrogen and oxygen atoms in total. The number of aliphatic hydroxyl groups excluding tert-OH is 4. The standard InChI is InChI=1S/C18H20O8/c1-10-12(7-15(26-10)17(23)16(22)13(20)8-19)18(24)25-9-14(21)11-5-3-2-4-6-11/h2-7,13,16-17,19-20,22-23H,8-9H2,1H3/t13-,16+,17-/m0/s1. The highest BCUT2D eigenvalue weighted by Gasteiger charge is 2.30. The lowest BCUT2D eigenvalue weighted by atomic mass is 10.1. The Balaban J connectivity index is 2.03. The number of carbonyl (C=O) groups excluding carboxylic acids is 2. The molecule has 0 aliphatic carbocycles. The molecule has 0 amide bonds. The Morgan fingerprint density at radius 2 is 1.81 bits per heavy atom. The van der Waals surface area contributed by atoms with E-state index < -0.39 is 37.5 Å². The average Bonchev–Trinajstić information content (AvgIpc) is 3.06. The van der Waals surface area contributed by atoms with Crippen molar-refractivity contribution in [3.8, 4) is 0 Å². The highest BCUT2D eigenvalue weighted by atomic mass is 16.5. The van der Waals surface area contributed by atoms with E-state index in [0.717, 1.165) is 6.07 Å². The maximum absolute atomic E-state index is 12.1. The molecule has 140 valence electrons. The van der Waals surface area contributed by atoms with Crippen molar-refractivity contribution in [1.82, 2.24) is 0 Å². The molecule has 0 radical (unpaired) electrons. The quantitative estimate of drug-likeness (QED) is 0.390. The van der Waals surface area contributed by atoms with Crippen molar-refractivity contribution in [3.05, 3.63) is 59.0 Å². The van der Waals surface area contributed by atoms with Crippen molar-refractivity contribution in [1.29, 1.82) is 0 Å². The average molecular weight is 364 g/mol. The Labute approximate surface area is 149 Å². The third-order valence-corrected chi connectivity index (χ3v) is 3.78. The van der Waals surface area contributed by atoms with E-state index in [-0.39, 0.29) is 22.9 Å². The second-order valence-corrected chi connectivity index (χ2v) is 5.67. The summed E-state index contributed by atoms with van der Waals surface area (Å²) in [7, 11) is 0. The third-order valence-electron chi connectivity index (χ3n) is 3.78. The normalized spacial score (nSPS) is 14.5. The number of hydrogen-bond acceptors (Lipinski definition) is 8. The molecule has 0 fully saturated rings. The summed E-state index contributed by atoms with van der Waals surface area (Å²) in [6, 6.07) is 9.49. The molecule has 0 aliphatic heterocycles. The molecule has 3 atom stereocenters. The van der Waals surface area contributed by atoms with E-state index in [0.29, 0.717) is 5.56 Å². The lowest BCUT2D eigenvalue weighted by molar-refractivity contribution is -0.0837. The van der Waals surface area contributed by atoms with Gasteiger partial charge in [-0.2, -0.15) is 0 Å². The van der Waals surface area contributed by atoms with Crippen LogP contribution < -0.4 is 0 Å². The fraction of sp³-hybridized carbons (Fsp3) is 0.333. The molecule has 0 spiro atoms. The van der Waals surface area contributed by atoms with Crippen LogP contribution in [0.5, 0.6) is 0 Å². The minimum atomic E-state index is -1.70.